The quantitative estimate of drug-likeness (QED) is 0.519. The summed E-state index contributed by atoms with van der Waals surface area (Å²) < 4.78 is 2.07. The molecular weight excluding hydrogens is 176 g/mol. The Labute approximate surface area is 73.4 Å². The van der Waals surface area contributed by atoms with Gasteiger partial charge in [0.2, 0.25) is 5.88 Å². The van der Waals surface area contributed by atoms with Crippen molar-refractivity contribution in [3.63, 3.8) is 0 Å². The van der Waals surface area contributed by atoms with Gasteiger partial charge >= 0.3 is 11.7 Å². The lowest BCUT2D eigenvalue weighted by Gasteiger charge is -2.00. The van der Waals surface area contributed by atoms with Crippen LogP contribution in [0.5, 0.6) is 5.88 Å². The molecule has 0 radical (unpaired) electrons. The van der Waals surface area contributed by atoms with Gasteiger partial charge in [-0.3, -0.25) is 14.5 Å². The van der Waals surface area contributed by atoms with Gasteiger partial charge in [0, 0.05) is 14.1 Å². The van der Waals surface area contributed by atoms with E-state index < -0.39 is 11.7 Å². The summed E-state index contributed by atoms with van der Waals surface area (Å²) in [5, 5.41) is 11.5. The highest BCUT2D eigenvalue weighted by molar-refractivity contribution is 5.88. The van der Waals surface area contributed by atoms with Gasteiger partial charge in [0.25, 0.3) is 0 Å². The first kappa shape index (κ1) is 9.17. The Morgan fingerprint density at radius 3 is 2.31 bits per heavy atom. The van der Waals surface area contributed by atoms with Crippen molar-refractivity contribution in [2.24, 2.45) is 19.8 Å². The third-order valence-electron chi connectivity index (χ3n) is 1.68. The maximum atomic E-state index is 11.2. The summed E-state index contributed by atoms with van der Waals surface area (Å²) >= 11 is 0. The molecule has 7 heteroatoms. The number of aromatic hydroxyl groups is 1. The average molecular weight is 186 g/mol. The van der Waals surface area contributed by atoms with E-state index in [4.69, 9.17) is 5.73 Å². The minimum absolute atomic E-state index is 0.0139. The van der Waals surface area contributed by atoms with Crippen molar-refractivity contribution in [2.75, 3.05) is 5.32 Å². The van der Waals surface area contributed by atoms with Gasteiger partial charge in [-0.05, 0) is 0 Å². The van der Waals surface area contributed by atoms with E-state index in [1.165, 1.54) is 14.1 Å². The van der Waals surface area contributed by atoms with E-state index in [0.29, 0.717) is 0 Å². The molecule has 13 heavy (non-hydrogen) atoms. The second kappa shape index (κ2) is 2.85. The number of aromatic nitrogens is 2. The van der Waals surface area contributed by atoms with Gasteiger partial charge in [-0.15, -0.1) is 0 Å². The number of primary amides is 1. The van der Waals surface area contributed by atoms with Gasteiger partial charge < -0.3 is 10.8 Å². The second-order valence-electron chi connectivity index (χ2n) is 2.56. The van der Waals surface area contributed by atoms with E-state index in [9.17, 15) is 14.7 Å². The van der Waals surface area contributed by atoms with Crippen molar-refractivity contribution in [3.05, 3.63) is 10.5 Å². The highest BCUT2D eigenvalue weighted by Crippen LogP contribution is 2.18. The normalized spacial score (nSPS) is 10.0. The molecule has 0 saturated heterocycles. The van der Waals surface area contributed by atoms with Crippen molar-refractivity contribution in [2.45, 2.75) is 0 Å². The minimum Gasteiger partial charge on any atom is -0.492 e. The van der Waals surface area contributed by atoms with Crippen LogP contribution in [-0.2, 0) is 14.1 Å². The Morgan fingerprint density at radius 2 is 2.00 bits per heavy atom. The largest absolute Gasteiger partial charge is 0.492 e. The number of rotatable bonds is 1. The number of hydrogen-bond donors (Lipinski definition) is 3. The molecule has 1 heterocycles. The molecule has 0 saturated carbocycles. The molecule has 0 fully saturated rings. The van der Waals surface area contributed by atoms with Crippen LogP contribution >= 0.6 is 0 Å². The highest BCUT2D eigenvalue weighted by Gasteiger charge is 2.14. The number of nitrogens with two attached hydrogens (primary N) is 1. The van der Waals surface area contributed by atoms with Crippen LogP contribution in [0.3, 0.4) is 0 Å². The zero-order chi connectivity index (χ0) is 10.2. The molecule has 1 aromatic rings. The van der Waals surface area contributed by atoms with Crippen molar-refractivity contribution in [3.8, 4) is 5.88 Å². The van der Waals surface area contributed by atoms with Crippen LogP contribution in [0.25, 0.3) is 0 Å². The fourth-order valence-corrected chi connectivity index (χ4v) is 0.977. The highest BCUT2D eigenvalue weighted by atomic mass is 16.3. The smallest absolute Gasteiger partial charge is 0.332 e. The summed E-state index contributed by atoms with van der Waals surface area (Å²) in [6.07, 6.45) is 0. The number of urea groups is 1. The van der Waals surface area contributed by atoms with Crippen LogP contribution < -0.4 is 16.7 Å². The topological polar surface area (TPSA) is 102 Å². The predicted molar refractivity (Wildman–Crippen MR) is 45.5 cm³/mol. The number of nitrogens with one attached hydrogen (secondary N) is 1. The second-order valence-corrected chi connectivity index (χ2v) is 2.56. The maximum Gasteiger partial charge on any atom is 0.332 e. The molecule has 4 N–H and O–H groups in total. The first-order chi connectivity index (χ1) is 5.95. The maximum absolute atomic E-state index is 11.2. The standard InChI is InChI=1S/C6H10N4O3/c1-9-3(8-5(7)12)4(11)10(2)6(9)13/h11H,1-2H3,(H3,7,8,12). The summed E-state index contributed by atoms with van der Waals surface area (Å²) in [5.74, 6) is -0.341. The molecule has 1 rings (SSSR count). The van der Waals surface area contributed by atoms with Gasteiger partial charge in [-0.1, -0.05) is 0 Å². The van der Waals surface area contributed by atoms with Gasteiger partial charge in [0.15, 0.2) is 5.82 Å². The van der Waals surface area contributed by atoms with Gasteiger partial charge in [0.05, 0.1) is 0 Å². The van der Waals surface area contributed by atoms with Crippen LogP contribution in [0, 0.1) is 0 Å². The van der Waals surface area contributed by atoms with Gasteiger partial charge in [-0.25, -0.2) is 9.59 Å². The molecule has 0 atom stereocenters. The number of carbonyl (C=O) groups excluding carboxylic acids is 1. The van der Waals surface area contributed by atoms with E-state index in [1.54, 1.807) is 0 Å². The Hall–Kier alpha value is -1.92. The molecule has 0 bridgehead atoms. The molecule has 0 spiro atoms. The molecule has 0 aliphatic rings. The van der Waals surface area contributed by atoms with Gasteiger partial charge in [0.1, 0.15) is 0 Å². The zero-order valence-electron chi connectivity index (χ0n) is 7.24. The van der Waals surface area contributed by atoms with Crippen LogP contribution in [0.1, 0.15) is 0 Å². The monoisotopic (exact) mass is 186 g/mol. The number of amides is 2. The summed E-state index contributed by atoms with van der Waals surface area (Å²) in [4.78, 5) is 21.6. The summed E-state index contributed by atoms with van der Waals surface area (Å²) in [5.41, 5.74) is 4.39. The van der Waals surface area contributed by atoms with E-state index in [-0.39, 0.29) is 11.7 Å². The fraction of sp³-hybridized carbons (Fsp3) is 0.333. The van der Waals surface area contributed by atoms with E-state index >= 15 is 0 Å². The fourth-order valence-electron chi connectivity index (χ4n) is 0.977. The summed E-state index contributed by atoms with van der Waals surface area (Å²) in [6, 6.07) is -0.837. The van der Waals surface area contributed by atoms with Crippen molar-refractivity contribution in [1.29, 1.82) is 0 Å². The first-order valence-electron chi connectivity index (χ1n) is 3.46. The summed E-state index contributed by atoms with van der Waals surface area (Å²) in [6.45, 7) is 0. The Balaban J connectivity index is 3.29. The molecule has 0 aliphatic carbocycles. The molecule has 0 unspecified atom stereocenters. The van der Waals surface area contributed by atoms with Crippen molar-refractivity contribution >= 4 is 11.8 Å². The van der Waals surface area contributed by atoms with Crippen molar-refractivity contribution in [1.82, 2.24) is 9.13 Å². The number of imidazole rings is 1. The molecule has 1 aromatic heterocycles. The minimum atomic E-state index is -0.837. The number of hydrogen-bond acceptors (Lipinski definition) is 3. The van der Waals surface area contributed by atoms with E-state index in [0.717, 1.165) is 9.13 Å². The SMILES string of the molecule is Cn1c(O)c(NC(N)=O)n(C)c1=O. The average Bonchev–Trinajstić information content (AvgIpc) is 2.22. The van der Waals surface area contributed by atoms with E-state index in [2.05, 4.69) is 5.32 Å². The van der Waals surface area contributed by atoms with Crippen LogP contribution in [0.15, 0.2) is 4.79 Å². The molecule has 7 nitrogen and oxygen atoms in total. The lowest BCUT2D eigenvalue weighted by atomic mass is 10.6. The molecule has 0 aliphatic heterocycles. The number of anilines is 1. The lowest BCUT2D eigenvalue weighted by Crippen LogP contribution is -2.24. The molecule has 0 aromatic carbocycles. The summed E-state index contributed by atoms with van der Waals surface area (Å²) in [7, 11) is 2.79. The Bertz CT molecular complexity index is 403. The van der Waals surface area contributed by atoms with E-state index in [1.807, 2.05) is 0 Å². The van der Waals surface area contributed by atoms with Crippen LogP contribution in [0.2, 0.25) is 0 Å². The molecule has 2 amide bonds. The van der Waals surface area contributed by atoms with Crippen LogP contribution in [-0.4, -0.2) is 20.3 Å². The Kier molecular flexibility index (Phi) is 2.01. The predicted octanol–water partition coefficient (Wildman–Crippen LogP) is -1.08. The third kappa shape index (κ3) is 1.35. The van der Waals surface area contributed by atoms with Gasteiger partial charge in [-0.2, -0.15) is 0 Å². The zero-order valence-corrected chi connectivity index (χ0v) is 7.24. The Morgan fingerprint density at radius 1 is 1.46 bits per heavy atom. The molecule has 72 valence electrons. The first-order valence-corrected chi connectivity index (χ1v) is 3.46. The van der Waals surface area contributed by atoms with Crippen LogP contribution in [0.4, 0.5) is 10.6 Å². The van der Waals surface area contributed by atoms with Crippen molar-refractivity contribution < 1.29 is 9.90 Å². The lowest BCUT2D eigenvalue weighted by molar-refractivity contribution is 0.259. The third-order valence-corrected chi connectivity index (χ3v) is 1.68. The number of carbonyl (C=O) groups is 1. The number of nitrogens with zero attached hydrogens (tertiary/aromatic N) is 2. The molecular formula is C6H10N4O3.